The number of amides is 11. The Kier molecular flexibility index (Phi) is 34.1. The van der Waals surface area contributed by atoms with Crippen LogP contribution in [0.1, 0.15) is 170 Å². The van der Waals surface area contributed by atoms with Gasteiger partial charge in [0.15, 0.2) is 0 Å². The highest BCUT2D eigenvalue weighted by atomic mass is 16.5. The molecule has 25 nitrogen and oxygen atoms in total. The molecule has 0 aromatic carbocycles. The summed E-state index contributed by atoms with van der Waals surface area (Å²) in [6, 6.07) is -14.7. The van der Waals surface area contributed by atoms with Gasteiger partial charge in [-0.05, 0) is 109 Å². The molecule has 91 heavy (non-hydrogen) atoms. The summed E-state index contributed by atoms with van der Waals surface area (Å²) in [5.41, 5.74) is -1.60. The van der Waals surface area contributed by atoms with Crippen molar-refractivity contribution < 1.29 is 67.7 Å². The van der Waals surface area contributed by atoms with Gasteiger partial charge in [-0.2, -0.15) is 0 Å². The first-order chi connectivity index (χ1) is 42.0. The maximum Gasteiger partial charge on any atom is 0.248 e. The normalized spacial score (nSPS) is 26.9. The van der Waals surface area contributed by atoms with Crippen molar-refractivity contribution in [1.29, 1.82) is 0 Å². The lowest BCUT2D eigenvalue weighted by molar-refractivity contribution is -0.157. The molecule has 1 heterocycles. The van der Waals surface area contributed by atoms with Crippen LogP contribution in [0.3, 0.4) is 0 Å². The van der Waals surface area contributed by atoms with Gasteiger partial charge in [0.05, 0.1) is 18.3 Å². The van der Waals surface area contributed by atoms with Gasteiger partial charge in [-0.15, -0.1) is 0 Å². The van der Waals surface area contributed by atoms with Crippen LogP contribution in [0.25, 0.3) is 0 Å². The Bertz CT molecular complexity index is 2480. The molecule has 25 heteroatoms. The number of rotatable bonds is 19. The highest BCUT2D eigenvalue weighted by Crippen LogP contribution is 2.26. The summed E-state index contributed by atoms with van der Waals surface area (Å²) in [4.78, 5) is 171. The topological polar surface area (TPSA) is 308 Å². The van der Waals surface area contributed by atoms with Crippen LogP contribution in [0.2, 0.25) is 0 Å². The maximum atomic E-state index is 15.3. The molecule has 0 saturated carbocycles. The van der Waals surface area contributed by atoms with Crippen molar-refractivity contribution in [1.82, 2.24) is 55.6 Å². The summed E-state index contributed by atoms with van der Waals surface area (Å²) >= 11 is 0. The van der Waals surface area contributed by atoms with Gasteiger partial charge in [0.1, 0.15) is 66.5 Å². The Hall–Kier alpha value is -6.21. The fourth-order valence-corrected chi connectivity index (χ4v) is 11.3. The molecular formula is C66H119N11O14. The molecule has 6 N–H and O–H groups in total. The lowest BCUT2D eigenvalue weighted by atomic mass is 9.91. The van der Waals surface area contributed by atoms with E-state index in [1.165, 1.54) is 96.6 Å². The van der Waals surface area contributed by atoms with Crippen molar-refractivity contribution in [3.8, 4) is 0 Å². The Labute approximate surface area is 544 Å². The number of nitrogens with one attached hydrogen (secondary N) is 4. The van der Waals surface area contributed by atoms with Crippen LogP contribution in [0.4, 0.5) is 0 Å². The van der Waals surface area contributed by atoms with Gasteiger partial charge >= 0.3 is 0 Å². The lowest BCUT2D eigenvalue weighted by Gasteiger charge is -2.41. The first-order valence-electron chi connectivity index (χ1n) is 32.6. The highest BCUT2D eigenvalue weighted by Gasteiger charge is 2.47. The predicted octanol–water partition coefficient (Wildman–Crippen LogP) is 3.18. The predicted molar refractivity (Wildman–Crippen MR) is 350 cm³/mol. The van der Waals surface area contributed by atoms with Gasteiger partial charge in [-0.1, -0.05) is 102 Å². The van der Waals surface area contributed by atoms with E-state index in [1.807, 2.05) is 48.5 Å². The Morgan fingerprint density at radius 2 is 0.923 bits per heavy atom. The van der Waals surface area contributed by atoms with Crippen LogP contribution >= 0.6 is 0 Å². The zero-order valence-electron chi connectivity index (χ0n) is 59.8. The van der Waals surface area contributed by atoms with Gasteiger partial charge in [0.2, 0.25) is 65.0 Å². The summed E-state index contributed by atoms with van der Waals surface area (Å²) in [5.74, 6) is -10.6. The second-order valence-electron chi connectivity index (χ2n) is 27.8. The molecule has 0 aromatic heterocycles. The minimum Gasteiger partial charge on any atom is -0.390 e. The number of allylic oxidation sites excluding steroid dienone is 2. The molecule has 1 saturated heterocycles. The number of ether oxygens (including phenoxy) is 1. The Balaban J connectivity index is 4.53. The number of aliphatic hydroxyl groups excluding tert-OH is 1. The average molecular weight is 1290 g/mol. The molecule has 0 radical (unpaired) electrons. The van der Waals surface area contributed by atoms with Gasteiger partial charge < -0.3 is 70.5 Å². The first-order valence-corrected chi connectivity index (χ1v) is 32.6. The number of hydrogen-bond acceptors (Lipinski definition) is 14. The molecule has 522 valence electrons. The lowest BCUT2D eigenvalue weighted by Crippen LogP contribution is -2.64. The molecular weight excluding hydrogens is 1170 g/mol. The number of likely N-dealkylation sites (N-methyl/N-ethyl adjacent to an activating group) is 7. The highest BCUT2D eigenvalue weighted by molar-refractivity contribution is 6.00. The quantitative estimate of drug-likeness (QED) is 0.0800. The van der Waals surface area contributed by atoms with Crippen LogP contribution in [-0.2, 0) is 57.5 Å². The third kappa shape index (κ3) is 23.7. The molecule has 0 spiro atoms. The Morgan fingerprint density at radius 3 is 1.38 bits per heavy atom. The molecule has 0 aliphatic carbocycles. The molecule has 0 bridgehead atoms. The van der Waals surface area contributed by atoms with Gasteiger partial charge in [0, 0.05) is 62.4 Å². The number of carbonyl (C=O) groups excluding carboxylic acids is 11. The largest absolute Gasteiger partial charge is 0.390 e. The molecule has 1 rings (SSSR count). The standard InChI is InChI=1S/C66H119N11O14/c1-26-29-30-42(14)54(78)53-58(82)69-45(28-3)60(84)75(23)50(36-91-31-27-2)63(87)74(22)49(35-66(17,18)90)57(81)70-51(40(10)11)64(88)71(19)46(32-37(4)5)56(80)67-43(15)55(79)68-44(16)59(83)72(20)47(33-38(6)7)61(85)73(21)48(34-39(8)9)62(86)76(24)52(41(12)13)65(89)77(53)25/h26,29,37-54,78,90H,27-28,30-36H2,1-25H3,(H,67,80)(H,68,79)(H,69,82)(H,70,81)/b29-26+/t42-,43+,44-,45+,46+,47+,48+,49+,50-,51+,52+,53+,54-/m1/s1. The summed E-state index contributed by atoms with van der Waals surface area (Å²) < 4.78 is 5.93. The van der Waals surface area contributed by atoms with Crippen LogP contribution in [0, 0.1) is 35.5 Å². The van der Waals surface area contributed by atoms with Crippen LogP contribution in [-0.4, -0.2) is 250 Å². The third-order valence-corrected chi connectivity index (χ3v) is 17.0. The molecule has 0 unspecified atom stereocenters. The van der Waals surface area contributed by atoms with E-state index in [4.69, 9.17) is 4.74 Å². The molecule has 1 aliphatic heterocycles. The minimum atomic E-state index is -1.67. The zero-order chi connectivity index (χ0) is 70.6. The number of nitrogens with zero attached hydrogens (tertiary/aromatic N) is 7. The molecule has 1 aliphatic rings. The summed E-state index contributed by atoms with van der Waals surface area (Å²) in [6.07, 6.45) is 2.78. The zero-order valence-corrected chi connectivity index (χ0v) is 59.8. The number of hydrogen-bond donors (Lipinski definition) is 6. The smallest absolute Gasteiger partial charge is 0.248 e. The van der Waals surface area contributed by atoms with Crippen molar-refractivity contribution in [2.45, 2.75) is 248 Å². The van der Waals surface area contributed by atoms with Crippen LogP contribution in [0.15, 0.2) is 12.2 Å². The molecule has 0 aromatic rings. The van der Waals surface area contributed by atoms with Crippen LogP contribution < -0.4 is 21.3 Å². The van der Waals surface area contributed by atoms with Gasteiger partial charge in [0.25, 0.3) is 0 Å². The van der Waals surface area contributed by atoms with E-state index in [0.717, 1.165) is 14.7 Å². The van der Waals surface area contributed by atoms with E-state index in [1.54, 1.807) is 60.6 Å². The van der Waals surface area contributed by atoms with Gasteiger partial charge in [-0.25, -0.2) is 0 Å². The maximum absolute atomic E-state index is 15.3. The van der Waals surface area contributed by atoms with Crippen molar-refractivity contribution in [2.24, 2.45) is 35.5 Å². The van der Waals surface area contributed by atoms with E-state index >= 15 is 24.0 Å². The number of carbonyl (C=O) groups is 11. The van der Waals surface area contributed by atoms with E-state index in [9.17, 15) is 39.0 Å². The summed E-state index contributed by atoms with van der Waals surface area (Å²) in [7, 11) is 9.70. The van der Waals surface area contributed by atoms with Crippen molar-refractivity contribution >= 4 is 65.0 Å². The molecule has 11 amide bonds. The number of aliphatic hydroxyl groups is 2. The fraction of sp³-hybridized carbons (Fsp3) is 0.803. The second-order valence-corrected chi connectivity index (χ2v) is 27.8. The molecule has 13 atom stereocenters. The fourth-order valence-electron chi connectivity index (χ4n) is 11.3. The second kappa shape index (κ2) is 37.5. The monoisotopic (exact) mass is 1290 g/mol. The van der Waals surface area contributed by atoms with Crippen LogP contribution in [0.5, 0.6) is 0 Å². The van der Waals surface area contributed by atoms with Crippen molar-refractivity contribution in [3.63, 3.8) is 0 Å². The minimum absolute atomic E-state index is 0.0526. The summed E-state index contributed by atoms with van der Waals surface area (Å²) in [5, 5.41) is 34.5. The van der Waals surface area contributed by atoms with E-state index < -0.39 is 161 Å². The summed E-state index contributed by atoms with van der Waals surface area (Å²) in [6.45, 7) is 30.4. The van der Waals surface area contributed by atoms with E-state index in [0.29, 0.717) is 6.42 Å². The van der Waals surface area contributed by atoms with Crippen molar-refractivity contribution in [2.75, 3.05) is 62.5 Å². The van der Waals surface area contributed by atoms with E-state index in [2.05, 4.69) is 21.3 Å². The van der Waals surface area contributed by atoms with Gasteiger partial charge in [-0.3, -0.25) is 52.7 Å². The molecule has 1 fully saturated rings. The first kappa shape index (κ1) is 82.8. The third-order valence-electron chi connectivity index (χ3n) is 17.0. The SMILES string of the molecule is C/C=C/C[C@@H](C)[C@@H](O)[C@H]1C(=O)N[C@@H](CC)C(=O)N(C)[C@H](COCCC)C(=O)N(C)[C@@H](CC(C)(C)O)C(=O)N[C@@H](C(C)C)C(=O)N(C)[C@@H](CC(C)C)C(=O)N[C@@H](C)C(=O)N[C@H](C)C(=O)N(C)[C@@H](CC(C)C)C(=O)N(C)[C@@H](CC(C)C)C(=O)N(C)[C@@H](C(C)C)C(=O)N1C. The Morgan fingerprint density at radius 1 is 0.495 bits per heavy atom. The van der Waals surface area contributed by atoms with Crippen molar-refractivity contribution in [3.05, 3.63) is 12.2 Å². The van der Waals surface area contributed by atoms with E-state index in [-0.39, 0.29) is 69.5 Å². The average Bonchev–Trinajstić information content (AvgIpc) is 0.830.